The number of rotatable bonds is 3. The predicted octanol–water partition coefficient (Wildman–Crippen LogP) is 1.24. The van der Waals surface area contributed by atoms with Gasteiger partial charge in [-0.2, -0.15) is 0 Å². The van der Waals surface area contributed by atoms with E-state index in [1.807, 2.05) is 13.8 Å². The van der Waals surface area contributed by atoms with Gasteiger partial charge in [0.1, 0.15) is 11.6 Å². The van der Waals surface area contributed by atoms with E-state index in [0.717, 1.165) is 12.8 Å². The molecule has 5 nitrogen and oxygen atoms in total. The van der Waals surface area contributed by atoms with Crippen molar-refractivity contribution >= 4 is 11.9 Å². The first-order valence-electron chi connectivity index (χ1n) is 7.54. The van der Waals surface area contributed by atoms with Crippen molar-refractivity contribution < 1.29 is 19.4 Å². The van der Waals surface area contributed by atoms with Gasteiger partial charge < -0.3 is 15.2 Å². The number of cyclic esters (lactones) is 1. The molecule has 0 aromatic carbocycles. The van der Waals surface area contributed by atoms with Crippen LogP contribution in [0.2, 0.25) is 0 Å². The third-order valence-corrected chi connectivity index (χ3v) is 4.68. The van der Waals surface area contributed by atoms with E-state index in [-0.39, 0.29) is 11.8 Å². The van der Waals surface area contributed by atoms with Crippen LogP contribution < -0.4 is 5.32 Å². The van der Waals surface area contributed by atoms with Crippen molar-refractivity contribution in [3.63, 3.8) is 0 Å². The second-order valence-electron chi connectivity index (χ2n) is 6.64. The van der Waals surface area contributed by atoms with Crippen LogP contribution in [0, 0.1) is 17.8 Å². The molecule has 114 valence electrons. The van der Waals surface area contributed by atoms with E-state index in [0.29, 0.717) is 25.4 Å². The maximum absolute atomic E-state index is 12.5. The zero-order valence-electron chi connectivity index (χ0n) is 12.5. The van der Waals surface area contributed by atoms with Crippen molar-refractivity contribution in [1.29, 1.82) is 0 Å². The van der Waals surface area contributed by atoms with E-state index in [4.69, 9.17) is 4.74 Å². The lowest BCUT2D eigenvalue weighted by Gasteiger charge is -2.43. The average molecular weight is 283 g/mol. The Morgan fingerprint density at radius 1 is 1.40 bits per heavy atom. The SMILES string of the molecule is CC1CCC(C(C)C)[C@@](O)(C(=O)NC2CCOC2=O)C1. The first-order valence-corrected chi connectivity index (χ1v) is 7.54. The zero-order valence-corrected chi connectivity index (χ0v) is 12.5. The summed E-state index contributed by atoms with van der Waals surface area (Å²) in [4.78, 5) is 24.0. The van der Waals surface area contributed by atoms with Crippen molar-refractivity contribution in [2.75, 3.05) is 6.61 Å². The number of esters is 1. The largest absolute Gasteiger partial charge is 0.464 e. The maximum Gasteiger partial charge on any atom is 0.328 e. The average Bonchev–Trinajstić information content (AvgIpc) is 2.74. The first kappa shape index (κ1) is 15.3. The van der Waals surface area contributed by atoms with E-state index in [1.165, 1.54) is 0 Å². The summed E-state index contributed by atoms with van der Waals surface area (Å²) < 4.78 is 4.85. The highest BCUT2D eigenvalue weighted by Crippen LogP contribution is 2.41. The maximum atomic E-state index is 12.5. The van der Waals surface area contributed by atoms with Crippen LogP contribution in [0.3, 0.4) is 0 Å². The van der Waals surface area contributed by atoms with Gasteiger partial charge in [-0.1, -0.05) is 27.2 Å². The van der Waals surface area contributed by atoms with Gasteiger partial charge in [-0.05, 0) is 30.6 Å². The fraction of sp³-hybridized carbons (Fsp3) is 0.867. The van der Waals surface area contributed by atoms with Crippen molar-refractivity contribution in [3.8, 4) is 0 Å². The summed E-state index contributed by atoms with van der Waals surface area (Å²) in [5, 5.41) is 13.6. The van der Waals surface area contributed by atoms with E-state index < -0.39 is 23.5 Å². The number of hydrogen-bond donors (Lipinski definition) is 2. The zero-order chi connectivity index (χ0) is 14.9. The third kappa shape index (κ3) is 2.82. The molecule has 0 aromatic heterocycles. The monoisotopic (exact) mass is 283 g/mol. The molecule has 1 aliphatic carbocycles. The van der Waals surface area contributed by atoms with Crippen molar-refractivity contribution in [2.45, 2.75) is 58.1 Å². The lowest BCUT2D eigenvalue weighted by molar-refractivity contribution is -0.158. The Balaban J connectivity index is 2.12. The minimum Gasteiger partial charge on any atom is -0.464 e. The van der Waals surface area contributed by atoms with Crippen molar-refractivity contribution in [3.05, 3.63) is 0 Å². The molecule has 0 bridgehead atoms. The van der Waals surface area contributed by atoms with Crippen LogP contribution in [-0.2, 0) is 14.3 Å². The van der Waals surface area contributed by atoms with Crippen molar-refractivity contribution in [2.24, 2.45) is 17.8 Å². The molecule has 2 fully saturated rings. The molecule has 1 heterocycles. The molecule has 3 unspecified atom stereocenters. The van der Waals surface area contributed by atoms with E-state index in [9.17, 15) is 14.7 Å². The summed E-state index contributed by atoms with van der Waals surface area (Å²) in [5.74, 6) is -0.320. The molecular formula is C15H25NO4. The highest BCUT2D eigenvalue weighted by Gasteiger charge is 2.49. The van der Waals surface area contributed by atoms with Crippen LogP contribution in [0.1, 0.15) is 46.5 Å². The molecule has 5 heteroatoms. The molecule has 2 N–H and O–H groups in total. The molecule has 2 aliphatic rings. The molecule has 0 aromatic rings. The van der Waals surface area contributed by atoms with Gasteiger partial charge in [0.15, 0.2) is 0 Å². The summed E-state index contributed by atoms with van der Waals surface area (Å²) in [6, 6.07) is -0.600. The number of carbonyl (C=O) groups is 2. The number of hydrogen-bond acceptors (Lipinski definition) is 4. The molecule has 0 radical (unpaired) electrons. The molecule has 1 saturated carbocycles. The quantitative estimate of drug-likeness (QED) is 0.764. The van der Waals surface area contributed by atoms with E-state index in [2.05, 4.69) is 12.2 Å². The Labute approximate surface area is 120 Å². The molecule has 1 amide bonds. The van der Waals surface area contributed by atoms with Crippen LogP contribution in [0.4, 0.5) is 0 Å². The van der Waals surface area contributed by atoms with Crippen LogP contribution in [0.5, 0.6) is 0 Å². The number of amides is 1. The van der Waals surface area contributed by atoms with E-state index >= 15 is 0 Å². The summed E-state index contributed by atoms with van der Waals surface area (Å²) in [6.07, 6.45) is 2.83. The molecule has 2 rings (SSSR count). The van der Waals surface area contributed by atoms with Gasteiger partial charge in [-0.25, -0.2) is 4.79 Å². The van der Waals surface area contributed by atoms with Crippen LogP contribution in [0.25, 0.3) is 0 Å². The summed E-state index contributed by atoms with van der Waals surface area (Å²) in [6.45, 7) is 6.45. The summed E-state index contributed by atoms with van der Waals surface area (Å²) in [7, 11) is 0. The van der Waals surface area contributed by atoms with Gasteiger partial charge in [0, 0.05) is 6.42 Å². The van der Waals surface area contributed by atoms with Gasteiger partial charge in [-0.3, -0.25) is 4.79 Å². The van der Waals surface area contributed by atoms with Crippen LogP contribution in [0.15, 0.2) is 0 Å². The highest BCUT2D eigenvalue weighted by atomic mass is 16.5. The molecular weight excluding hydrogens is 258 g/mol. The Hall–Kier alpha value is -1.10. The van der Waals surface area contributed by atoms with Crippen LogP contribution >= 0.6 is 0 Å². The lowest BCUT2D eigenvalue weighted by Crippen LogP contribution is -2.58. The Morgan fingerprint density at radius 3 is 2.65 bits per heavy atom. The number of ether oxygens (including phenoxy) is 1. The second-order valence-corrected chi connectivity index (χ2v) is 6.64. The van der Waals surface area contributed by atoms with Crippen LogP contribution in [-0.4, -0.2) is 35.2 Å². The topological polar surface area (TPSA) is 75.6 Å². The van der Waals surface area contributed by atoms with Crippen molar-refractivity contribution in [1.82, 2.24) is 5.32 Å². The normalized spacial score (nSPS) is 37.9. The van der Waals surface area contributed by atoms with Gasteiger partial charge >= 0.3 is 5.97 Å². The van der Waals surface area contributed by atoms with Gasteiger partial charge in [0.2, 0.25) is 0 Å². The first-order chi connectivity index (χ1) is 9.34. The summed E-state index contributed by atoms with van der Waals surface area (Å²) in [5.41, 5.74) is -1.37. The minimum atomic E-state index is -1.37. The minimum absolute atomic E-state index is 0.0591. The molecule has 4 atom stereocenters. The molecule has 1 aliphatic heterocycles. The second kappa shape index (κ2) is 5.72. The number of carbonyl (C=O) groups excluding carboxylic acids is 2. The van der Waals surface area contributed by atoms with Gasteiger partial charge in [0.05, 0.1) is 6.61 Å². The molecule has 20 heavy (non-hydrogen) atoms. The molecule has 0 spiro atoms. The smallest absolute Gasteiger partial charge is 0.328 e. The third-order valence-electron chi connectivity index (χ3n) is 4.68. The number of aliphatic hydroxyl groups is 1. The fourth-order valence-electron chi connectivity index (χ4n) is 3.54. The summed E-state index contributed by atoms with van der Waals surface area (Å²) >= 11 is 0. The van der Waals surface area contributed by atoms with Gasteiger partial charge in [0.25, 0.3) is 5.91 Å². The Kier molecular flexibility index (Phi) is 4.37. The standard InChI is InChI=1S/C15H25NO4/c1-9(2)11-5-4-10(3)8-15(11,19)14(18)16-12-6-7-20-13(12)17/h9-12,19H,4-8H2,1-3H3,(H,16,18)/t10?,11?,12?,15-/m1/s1. The van der Waals surface area contributed by atoms with Gasteiger partial charge in [-0.15, -0.1) is 0 Å². The fourth-order valence-corrected chi connectivity index (χ4v) is 3.54. The lowest BCUT2D eigenvalue weighted by atomic mass is 9.66. The number of nitrogens with one attached hydrogen (secondary N) is 1. The predicted molar refractivity (Wildman–Crippen MR) is 73.8 cm³/mol. The highest BCUT2D eigenvalue weighted by molar-refractivity contribution is 5.90. The van der Waals surface area contributed by atoms with E-state index in [1.54, 1.807) is 0 Å². The Bertz CT molecular complexity index is 395. The molecule has 1 saturated heterocycles. The Morgan fingerprint density at radius 2 is 2.10 bits per heavy atom.